The lowest BCUT2D eigenvalue weighted by molar-refractivity contribution is -0.111. The Balaban J connectivity index is 1.73. The van der Waals surface area contributed by atoms with Gasteiger partial charge in [0.25, 0.3) is 0 Å². The Hall–Kier alpha value is -4.19. The maximum atomic E-state index is 12.8. The number of benzene rings is 3. The maximum absolute atomic E-state index is 12.8. The predicted octanol–water partition coefficient (Wildman–Crippen LogP) is 6.87. The summed E-state index contributed by atoms with van der Waals surface area (Å²) in [4.78, 5) is 12.8. The Morgan fingerprint density at radius 2 is 1.63 bits per heavy atom. The molecule has 0 spiro atoms. The van der Waals surface area contributed by atoms with Crippen molar-refractivity contribution in [1.82, 2.24) is 0 Å². The summed E-state index contributed by atoms with van der Waals surface area (Å²) in [6.45, 7) is 6.32. The van der Waals surface area contributed by atoms with Gasteiger partial charge in [-0.05, 0) is 74.4 Å². The molecule has 0 bridgehead atoms. The highest BCUT2D eigenvalue weighted by atomic mass is 16.5. The van der Waals surface area contributed by atoms with E-state index >= 15 is 0 Å². The third-order valence-electron chi connectivity index (χ3n) is 5.86. The summed E-state index contributed by atoms with van der Waals surface area (Å²) in [6, 6.07) is 17.1. The molecule has 0 aliphatic carbocycles. The van der Waals surface area contributed by atoms with Crippen LogP contribution in [0, 0.1) is 6.92 Å². The molecule has 0 unspecified atom stereocenters. The van der Waals surface area contributed by atoms with Crippen molar-refractivity contribution in [1.29, 1.82) is 0 Å². The summed E-state index contributed by atoms with van der Waals surface area (Å²) >= 11 is 0. The highest BCUT2D eigenvalue weighted by Gasteiger charge is 2.19. The zero-order chi connectivity index (χ0) is 24.9. The lowest BCUT2D eigenvalue weighted by Gasteiger charge is -2.15. The molecule has 6 heteroatoms. The van der Waals surface area contributed by atoms with Crippen LogP contribution in [-0.4, -0.2) is 26.7 Å². The molecule has 1 N–H and O–H groups in total. The van der Waals surface area contributed by atoms with E-state index in [1.807, 2.05) is 51.1 Å². The molecule has 4 aromatic rings. The number of carbonyl (C=O) groups is 1. The minimum atomic E-state index is -0.226. The topological polar surface area (TPSA) is 69.9 Å². The van der Waals surface area contributed by atoms with Crippen molar-refractivity contribution in [3.05, 3.63) is 78.1 Å². The third kappa shape index (κ3) is 5.01. The molecule has 4 rings (SSSR count). The number of carbonyl (C=O) groups excluding carboxylic acids is 1. The predicted molar refractivity (Wildman–Crippen MR) is 139 cm³/mol. The van der Waals surface area contributed by atoms with E-state index in [1.54, 1.807) is 50.8 Å². The van der Waals surface area contributed by atoms with Gasteiger partial charge in [-0.2, -0.15) is 0 Å². The summed E-state index contributed by atoms with van der Waals surface area (Å²) in [6.07, 6.45) is 3.34. The van der Waals surface area contributed by atoms with Crippen LogP contribution < -0.4 is 19.5 Å². The van der Waals surface area contributed by atoms with E-state index in [2.05, 4.69) is 5.32 Å². The SMILES string of the molecule is CCOc1c(/C(C)=C/C(=O)Nc2ccc(OC)cc2)cc2c(-c3ccc(OC)cc3)coc2c1C. The minimum Gasteiger partial charge on any atom is -0.497 e. The monoisotopic (exact) mass is 471 g/mol. The van der Waals surface area contributed by atoms with E-state index in [0.29, 0.717) is 18.0 Å². The Morgan fingerprint density at radius 1 is 1.00 bits per heavy atom. The second-order valence-corrected chi connectivity index (χ2v) is 8.11. The van der Waals surface area contributed by atoms with E-state index in [0.717, 1.165) is 50.3 Å². The van der Waals surface area contributed by atoms with Gasteiger partial charge in [0.15, 0.2) is 0 Å². The van der Waals surface area contributed by atoms with Crippen molar-refractivity contribution in [2.45, 2.75) is 20.8 Å². The van der Waals surface area contributed by atoms with Gasteiger partial charge >= 0.3 is 0 Å². The third-order valence-corrected chi connectivity index (χ3v) is 5.86. The van der Waals surface area contributed by atoms with Gasteiger partial charge in [0.2, 0.25) is 5.91 Å². The van der Waals surface area contributed by atoms with Crippen LogP contribution >= 0.6 is 0 Å². The Labute approximate surface area is 205 Å². The molecule has 1 heterocycles. The molecule has 1 amide bonds. The first-order valence-corrected chi connectivity index (χ1v) is 11.4. The maximum Gasteiger partial charge on any atom is 0.248 e. The Kier molecular flexibility index (Phi) is 7.11. The number of nitrogens with one attached hydrogen (secondary N) is 1. The second-order valence-electron chi connectivity index (χ2n) is 8.11. The molecule has 0 saturated carbocycles. The molecular weight excluding hydrogens is 442 g/mol. The number of amides is 1. The second kappa shape index (κ2) is 10.4. The molecule has 0 atom stereocenters. The van der Waals surface area contributed by atoms with Crippen LogP contribution in [0.3, 0.4) is 0 Å². The number of methoxy groups -OCH3 is 2. The van der Waals surface area contributed by atoms with Crippen molar-refractivity contribution in [2.75, 3.05) is 26.1 Å². The summed E-state index contributed by atoms with van der Waals surface area (Å²) in [7, 11) is 3.25. The van der Waals surface area contributed by atoms with E-state index in [9.17, 15) is 4.79 Å². The molecule has 0 radical (unpaired) electrons. The first-order chi connectivity index (χ1) is 16.9. The van der Waals surface area contributed by atoms with Crippen LogP contribution in [-0.2, 0) is 4.79 Å². The number of ether oxygens (including phenoxy) is 3. The first kappa shape index (κ1) is 24.0. The minimum absolute atomic E-state index is 0.226. The molecule has 1 aromatic heterocycles. The summed E-state index contributed by atoms with van der Waals surface area (Å²) < 4.78 is 22.4. The fraction of sp³-hybridized carbons (Fsp3) is 0.207. The van der Waals surface area contributed by atoms with Gasteiger partial charge in [0.05, 0.1) is 27.1 Å². The zero-order valence-electron chi connectivity index (χ0n) is 20.6. The van der Waals surface area contributed by atoms with Crippen molar-refractivity contribution < 1.29 is 23.4 Å². The fourth-order valence-electron chi connectivity index (χ4n) is 4.06. The summed E-state index contributed by atoms with van der Waals surface area (Å²) in [5.41, 5.74) is 5.95. The lowest BCUT2D eigenvalue weighted by Crippen LogP contribution is -2.09. The summed E-state index contributed by atoms with van der Waals surface area (Å²) in [5, 5.41) is 3.85. The first-order valence-electron chi connectivity index (χ1n) is 11.4. The standard InChI is InChI=1S/C29H29NO5/c1-6-34-28-19(3)29-25(26(17-35-29)20-7-11-22(32-4)12-8-20)16-24(28)18(2)15-27(31)30-21-9-13-23(33-5)14-10-21/h7-17H,6H2,1-5H3,(H,30,31)/b18-15+. The lowest BCUT2D eigenvalue weighted by atomic mass is 9.96. The van der Waals surface area contributed by atoms with Crippen LogP contribution in [0.2, 0.25) is 0 Å². The highest BCUT2D eigenvalue weighted by molar-refractivity contribution is 6.06. The van der Waals surface area contributed by atoms with Crippen molar-refractivity contribution >= 4 is 28.1 Å². The molecule has 35 heavy (non-hydrogen) atoms. The van der Waals surface area contributed by atoms with Crippen LogP contribution in [0.4, 0.5) is 5.69 Å². The molecule has 0 aliphatic heterocycles. The van der Waals surface area contributed by atoms with E-state index in [1.165, 1.54) is 0 Å². The summed E-state index contributed by atoms with van der Waals surface area (Å²) in [5.74, 6) is 2.00. The number of anilines is 1. The number of hydrogen-bond acceptors (Lipinski definition) is 5. The smallest absolute Gasteiger partial charge is 0.248 e. The molecule has 0 saturated heterocycles. The molecule has 3 aromatic carbocycles. The van der Waals surface area contributed by atoms with Crippen molar-refractivity contribution in [3.8, 4) is 28.4 Å². The number of hydrogen-bond donors (Lipinski definition) is 1. The van der Waals surface area contributed by atoms with Gasteiger partial charge in [0, 0.05) is 33.8 Å². The number of allylic oxidation sites excluding steroid dienone is 1. The van der Waals surface area contributed by atoms with Crippen LogP contribution in [0.5, 0.6) is 17.2 Å². The Morgan fingerprint density at radius 3 is 2.23 bits per heavy atom. The van der Waals surface area contributed by atoms with Gasteiger partial charge in [0.1, 0.15) is 22.8 Å². The number of rotatable bonds is 8. The average Bonchev–Trinajstić information content (AvgIpc) is 3.30. The van der Waals surface area contributed by atoms with E-state index in [-0.39, 0.29) is 5.91 Å². The van der Waals surface area contributed by atoms with Crippen LogP contribution in [0.1, 0.15) is 25.0 Å². The van der Waals surface area contributed by atoms with Gasteiger partial charge < -0.3 is 23.9 Å². The average molecular weight is 472 g/mol. The molecule has 0 aliphatic rings. The molecule has 180 valence electrons. The van der Waals surface area contributed by atoms with Gasteiger partial charge in [-0.3, -0.25) is 4.79 Å². The largest absolute Gasteiger partial charge is 0.497 e. The van der Waals surface area contributed by atoms with Gasteiger partial charge in [-0.1, -0.05) is 12.1 Å². The Bertz CT molecular complexity index is 1370. The van der Waals surface area contributed by atoms with E-state index < -0.39 is 0 Å². The van der Waals surface area contributed by atoms with Gasteiger partial charge in [-0.25, -0.2) is 0 Å². The number of furan rings is 1. The van der Waals surface area contributed by atoms with Crippen molar-refractivity contribution in [2.24, 2.45) is 0 Å². The quantitative estimate of drug-likeness (QED) is 0.284. The van der Waals surface area contributed by atoms with E-state index in [4.69, 9.17) is 18.6 Å². The zero-order valence-corrected chi connectivity index (χ0v) is 20.6. The molecule has 6 nitrogen and oxygen atoms in total. The highest BCUT2D eigenvalue weighted by Crippen LogP contribution is 2.41. The number of fused-ring (bicyclic) bond motifs is 1. The van der Waals surface area contributed by atoms with Gasteiger partial charge in [-0.15, -0.1) is 0 Å². The normalized spacial score (nSPS) is 11.4. The van der Waals surface area contributed by atoms with Crippen LogP contribution in [0.15, 0.2) is 71.4 Å². The van der Waals surface area contributed by atoms with Crippen molar-refractivity contribution in [3.63, 3.8) is 0 Å². The number of aryl methyl sites for hydroxylation is 1. The van der Waals surface area contributed by atoms with Crippen LogP contribution in [0.25, 0.3) is 27.7 Å². The molecule has 0 fully saturated rings. The molecular formula is C29H29NO5. The fourth-order valence-corrected chi connectivity index (χ4v) is 4.06.